The Balaban J connectivity index is 2.44. The van der Waals surface area contributed by atoms with Crippen LogP contribution in [0.25, 0.3) is 11.6 Å². The Morgan fingerprint density at radius 1 is 1.35 bits per heavy atom. The molecule has 2 aromatic rings. The van der Waals surface area contributed by atoms with Gasteiger partial charge in [-0.2, -0.15) is 0 Å². The molecule has 1 N–H and O–H groups in total. The Hall–Kier alpha value is -1.84. The summed E-state index contributed by atoms with van der Waals surface area (Å²) in [6, 6.07) is 5.70. The van der Waals surface area contributed by atoms with Gasteiger partial charge in [-0.25, -0.2) is 9.97 Å². The van der Waals surface area contributed by atoms with Crippen molar-refractivity contribution in [3.8, 4) is 11.6 Å². The maximum absolute atomic E-state index is 5.33. The van der Waals surface area contributed by atoms with E-state index in [0.717, 1.165) is 18.1 Å². The molecule has 0 radical (unpaired) electrons. The topological polar surface area (TPSA) is 51.0 Å². The molecule has 0 bridgehead atoms. The highest BCUT2D eigenvalue weighted by Crippen LogP contribution is 2.21. The molecular weight excluding hydrogens is 214 g/mol. The van der Waals surface area contributed by atoms with E-state index in [-0.39, 0.29) is 0 Å². The minimum atomic E-state index is 0.365. The smallest absolute Gasteiger partial charge is 0.197 e. The fourth-order valence-electron chi connectivity index (χ4n) is 1.55. The maximum atomic E-state index is 5.33. The molecule has 0 aliphatic carbocycles. The van der Waals surface area contributed by atoms with Crippen molar-refractivity contribution in [1.29, 1.82) is 0 Å². The molecule has 0 saturated heterocycles. The van der Waals surface area contributed by atoms with E-state index in [4.69, 9.17) is 4.42 Å². The van der Waals surface area contributed by atoms with Crippen molar-refractivity contribution in [3.63, 3.8) is 0 Å². The van der Waals surface area contributed by atoms with Gasteiger partial charge in [0.2, 0.25) is 0 Å². The third kappa shape index (κ3) is 2.64. The number of nitrogens with zero attached hydrogens (tertiary/aromatic N) is 2. The third-order valence-electron chi connectivity index (χ3n) is 2.44. The Morgan fingerprint density at radius 2 is 2.18 bits per heavy atom. The van der Waals surface area contributed by atoms with Gasteiger partial charge >= 0.3 is 0 Å². The molecule has 4 heteroatoms. The number of rotatable bonds is 4. The van der Waals surface area contributed by atoms with Crippen LogP contribution in [0.4, 0.5) is 5.82 Å². The molecule has 0 amide bonds. The molecule has 2 heterocycles. The molecule has 90 valence electrons. The van der Waals surface area contributed by atoms with Crippen molar-refractivity contribution >= 4 is 5.82 Å². The lowest BCUT2D eigenvalue weighted by molar-refractivity contribution is 0.576. The van der Waals surface area contributed by atoms with Crippen LogP contribution in [-0.2, 0) is 0 Å². The standard InChI is InChI=1S/C13H17N3O/c1-4-14-12-8-10(9(2)3)15-13(16-12)11-6-5-7-17-11/h5-9H,4H2,1-3H3,(H,14,15,16). The van der Waals surface area contributed by atoms with E-state index in [1.54, 1.807) is 6.26 Å². The second-order valence-corrected chi connectivity index (χ2v) is 4.16. The first-order chi connectivity index (χ1) is 8.20. The van der Waals surface area contributed by atoms with Crippen molar-refractivity contribution < 1.29 is 4.42 Å². The molecule has 0 fully saturated rings. The van der Waals surface area contributed by atoms with Gasteiger partial charge in [0.15, 0.2) is 11.6 Å². The van der Waals surface area contributed by atoms with E-state index >= 15 is 0 Å². The summed E-state index contributed by atoms with van der Waals surface area (Å²) in [5.41, 5.74) is 1.02. The summed E-state index contributed by atoms with van der Waals surface area (Å²) in [6.45, 7) is 7.11. The van der Waals surface area contributed by atoms with E-state index in [9.17, 15) is 0 Å². The predicted molar refractivity (Wildman–Crippen MR) is 68.0 cm³/mol. The first-order valence-corrected chi connectivity index (χ1v) is 5.87. The molecular formula is C13H17N3O. The van der Waals surface area contributed by atoms with Crippen LogP contribution >= 0.6 is 0 Å². The quantitative estimate of drug-likeness (QED) is 0.877. The molecule has 0 spiro atoms. The van der Waals surface area contributed by atoms with Crippen LogP contribution in [0.1, 0.15) is 32.4 Å². The molecule has 2 rings (SSSR count). The highest BCUT2D eigenvalue weighted by molar-refractivity contribution is 5.51. The average molecular weight is 231 g/mol. The summed E-state index contributed by atoms with van der Waals surface area (Å²) < 4.78 is 5.33. The van der Waals surface area contributed by atoms with E-state index in [0.29, 0.717) is 17.5 Å². The van der Waals surface area contributed by atoms with Crippen LogP contribution < -0.4 is 5.32 Å². The molecule has 0 aliphatic rings. The van der Waals surface area contributed by atoms with Crippen LogP contribution in [0.15, 0.2) is 28.9 Å². The predicted octanol–water partition coefficient (Wildman–Crippen LogP) is 3.29. The van der Waals surface area contributed by atoms with Crippen molar-refractivity contribution in [2.75, 3.05) is 11.9 Å². The molecule has 0 aliphatic heterocycles. The van der Waals surface area contributed by atoms with Gasteiger partial charge in [-0.3, -0.25) is 0 Å². The van der Waals surface area contributed by atoms with E-state index < -0.39 is 0 Å². The molecule has 0 unspecified atom stereocenters. The van der Waals surface area contributed by atoms with E-state index in [1.165, 1.54) is 0 Å². The highest BCUT2D eigenvalue weighted by Gasteiger charge is 2.10. The van der Waals surface area contributed by atoms with E-state index in [1.807, 2.05) is 25.1 Å². The summed E-state index contributed by atoms with van der Waals surface area (Å²) in [4.78, 5) is 8.94. The lowest BCUT2D eigenvalue weighted by atomic mass is 10.1. The van der Waals surface area contributed by atoms with Gasteiger partial charge in [0.25, 0.3) is 0 Å². The van der Waals surface area contributed by atoms with Gasteiger partial charge in [-0.05, 0) is 25.0 Å². The number of nitrogens with one attached hydrogen (secondary N) is 1. The van der Waals surface area contributed by atoms with Crippen LogP contribution in [0.2, 0.25) is 0 Å². The summed E-state index contributed by atoms with van der Waals surface area (Å²) in [5, 5.41) is 3.21. The summed E-state index contributed by atoms with van der Waals surface area (Å²) in [5.74, 6) is 2.55. The zero-order chi connectivity index (χ0) is 12.3. The van der Waals surface area contributed by atoms with Gasteiger partial charge in [0.1, 0.15) is 5.82 Å². The van der Waals surface area contributed by atoms with Crippen LogP contribution in [-0.4, -0.2) is 16.5 Å². The molecule has 0 aromatic carbocycles. The Labute approximate surface area is 101 Å². The number of hydrogen-bond donors (Lipinski definition) is 1. The number of furan rings is 1. The number of hydrogen-bond acceptors (Lipinski definition) is 4. The number of anilines is 1. The molecule has 4 nitrogen and oxygen atoms in total. The fraction of sp³-hybridized carbons (Fsp3) is 0.385. The molecule has 0 atom stereocenters. The highest BCUT2D eigenvalue weighted by atomic mass is 16.3. The molecule has 0 saturated carbocycles. The zero-order valence-electron chi connectivity index (χ0n) is 10.4. The largest absolute Gasteiger partial charge is 0.461 e. The fourth-order valence-corrected chi connectivity index (χ4v) is 1.55. The molecule has 2 aromatic heterocycles. The Morgan fingerprint density at radius 3 is 2.76 bits per heavy atom. The van der Waals surface area contributed by atoms with Crippen molar-refractivity contribution in [2.24, 2.45) is 0 Å². The zero-order valence-corrected chi connectivity index (χ0v) is 10.4. The van der Waals surface area contributed by atoms with Gasteiger partial charge < -0.3 is 9.73 Å². The summed E-state index contributed by atoms with van der Waals surface area (Å²) in [6.07, 6.45) is 1.63. The lowest BCUT2D eigenvalue weighted by Gasteiger charge is -2.09. The lowest BCUT2D eigenvalue weighted by Crippen LogP contribution is -2.04. The van der Waals surface area contributed by atoms with Gasteiger partial charge in [0, 0.05) is 18.3 Å². The average Bonchev–Trinajstić information content (AvgIpc) is 2.82. The van der Waals surface area contributed by atoms with Crippen molar-refractivity contribution in [3.05, 3.63) is 30.2 Å². The van der Waals surface area contributed by atoms with E-state index in [2.05, 4.69) is 29.1 Å². The van der Waals surface area contributed by atoms with Crippen LogP contribution in [0, 0.1) is 0 Å². The Bertz CT molecular complexity index is 477. The minimum absolute atomic E-state index is 0.365. The summed E-state index contributed by atoms with van der Waals surface area (Å²) >= 11 is 0. The van der Waals surface area contributed by atoms with Gasteiger partial charge in [0.05, 0.1) is 6.26 Å². The minimum Gasteiger partial charge on any atom is -0.461 e. The van der Waals surface area contributed by atoms with Gasteiger partial charge in [-0.1, -0.05) is 13.8 Å². The van der Waals surface area contributed by atoms with Gasteiger partial charge in [-0.15, -0.1) is 0 Å². The van der Waals surface area contributed by atoms with Crippen molar-refractivity contribution in [1.82, 2.24) is 9.97 Å². The van der Waals surface area contributed by atoms with Crippen LogP contribution in [0.3, 0.4) is 0 Å². The van der Waals surface area contributed by atoms with Crippen molar-refractivity contribution in [2.45, 2.75) is 26.7 Å². The Kier molecular flexibility index (Phi) is 3.42. The monoisotopic (exact) mass is 231 g/mol. The second-order valence-electron chi connectivity index (χ2n) is 4.16. The SMILES string of the molecule is CCNc1cc(C(C)C)nc(-c2ccco2)n1. The third-order valence-corrected chi connectivity index (χ3v) is 2.44. The molecule has 17 heavy (non-hydrogen) atoms. The second kappa shape index (κ2) is 4.99. The number of aromatic nitrogens is 2. The maximum Gasteiger partial charge on any atom is 0.197 e. The van der Waals surface area contributed by atoms with Crippen LogP contribution in [0.5, 0.6) is 0 Å². The normalized spacial score (nSPS) is 10.8. The first-order valence-electron chi connectivity index (χ1n) is 5.87. The first kappa shape index (κ1) is 11.6. The summed E-state index contributed by atoms with van der Waals surface area (Å²) in [7, 11) is 0.